The van der Waals surface area contributed by atoms with E-state index < -0.39 is 13.8 Å². The lowest BCUT2D eigenvalue weighted by Crippen LogP contribution is -2.06. The molecule has 8 heteroatoms. The topological polar surface area (TPSA) is 71.1 Å². The lowest BCUT2D eigenvalue weighted by molar-refractivity contribution is -0.137. The largest absolute Gasteiger partial charge is 0.529 e. The van der Waals surface area contributed by atoms with Crippen molar-refractivity contribution in [2.24, 2.45) is 0 Å². The van der Waals surface area contributed by atoms with Crippen LogP contribution in [-0.4, -0.2) is 26.8 Å². The molecule has 0 aliphatic rings. The second-order valence-electron chi connectivity index (χ2n) is 2.49. The summed E-state index contributed by atoms with van der Waals surface area (Å²) in [4.78, 5) is 11.2. The zero-order valence-electron chi connectivity index (χ0n) is 9.48. The Morgan fingerprint density at radius 3 is 2.19 bits per heavy atom. The van der Waals surface area contributed by atoms with E-state index in [2.05, 4.69) is 13.8 Å². The molecule has 0 aliphatic carbocycles. The van der Waals surface area contributed by atoms with E-state index in [4.69, 9.17) is 16.1 Å². The van der Waals surface area contributed by atoms with Gasteiger partial charge in [-0.3, -0.25) is 9.05 Å². The highest BCUT2D eigenvalue weighted by molar-refractivity contribution is 7.48. The van der Waals surface area contributed by atoms with Gasteiger partial charge in [0, 0.05) is 14.2 Å². The molecule has 0 spiro atoms. The molecular weight excluding hydrogens is 259 g/mol. The van der Waals surface area contributed by atoms with Gasteiger partial charge in [-0.1, -0.05) is 11.6 Å². The average molecular weight is 273 g/mol. The Balaban J connectivity index is 4.77. The Hall–Kier alpha value is -0.550. The minimum atomic E-state index is -3.70. The predicted molar refractivity (Wildman–Crippen MR) is 57.9 cm³/mol. The Kier molecular flexibility index (Phi) is 6.67. The summed E-state index contributed by atoms with van der Waals surface area (Å²) in [5.74, 6) is -0.854. The molecule has 0 heterocycles. The number of esters is 1. The van der Waals surface area contributed by atoms with Gasteiger partial charge in [0.15, 0.2) is 5.03 Å². The fraction of sp³-hybridized carbons (Fsp3) is 0.625. The van der Waals surface area contributed by atoms with Crippen LogP contribution in [0.2, 0.25) is 0 Å². The van der Waals surface area contributed by atoms with E-state index in [9.17, 15) is 9.36 Å². The van der Waals surface area contributed by atoms with Crippen LogP contribution >= 0.6 is 19.4 Å². The first-order valence-corrected chi connectivity index (χ1v) is 6.18. The number of hydrogen-bond donors (Lipinski definition) is 0. The van der Waals surface area contributed by atoms with Gasteiger partial charge in [0.05, 0.1) is 6.61 Å². The molecule has 0 bridgehead atoms. The molecule has 16 heavy (non-hydrogen) atoms. The zero-order chi connectivity index (χ0) is 12.8. The van der Waals surface area contributed by atoms with Crippen molar-refractivity contribution in [2.75, 3.05) is 20.8 Å². The lowest BCUT2D eigenvalue weighted by atomic mass is 10.5. The monoisotopic (exact) mass is 272 g/mol. The third-order valence-electron chi connectivity index (χ3n) is 1.46. The molecular formula is C8H14ClO6P. The van der Waals surface area contributed by atoms with Crippen LogP contribution in [-0.2, 0) is 27.7 Å². The summed E-state index contributed by atoms with van der Waals surface area (Å²) in [5, 5.41) is -0.309. The first-order valence-electron chi connectivity index (χ1n) is 4.34. The quantitative estimate of drug-likeness (QED) is 0.320. The standard InChI is InChI=1S/C8H14ClO6P/c1-5-14-8(10)7(9)6(2)15-16(11,12-3)13-4/h5H2,1-4H3. The summed E-state index contributed by atoms with van der Waals surface area (Å²) >= 11 is 5.63. The minimum Gasteiger partial charge on any atom is -0.462 e. The Bertz CT molecular complexity index is 318. The smallest absolute Gasteiger partial charge is 0.462 e. The number of phosphoric acid groups is 1. The minimum absolute atomic E-state index is 0.0906. The molecule has 0 fully saturated rings. The molecule has 0 amide bonds. The first-order chi connectivity index (χ1) is 7.40. The van der Waals surface area contributed by atoms with Gasteiger partial charge in [-0.15, -0.1) is 0 Å². The van der Waals surface area contributed by atoms with Crippen LogP contribution in [0.5, 0.6) is 0 Å². The highest BCUT2D eigenvalue weighted by Gasteiger charge is 2.27. The third kappa shape index (κ3) is 4.53. The number of halogens is 1. The maximum absolute atomic E-state index is 11.5. The normalized spacial score (nSPS) is 13.1. The third-order valence-corrected chi connectivity index (χ3v) is 3.27. The molecule has 0 aliphatic heterocycles. The molecule has 0 N–H and O–H groups in total. The van der Waals surface area contributed by atoms with Gasteiger partial charge in [-0.05, 0) is 13.8 Å². The van der Waals surface area contributed by atoms with Crippen LogP contribution in [0, 0.1) is 0 Å². The number of carbonyl (C=O) groups excluding carboxylic acids is 1. The van der Waals surface area contributed by atoms with Gasteiger partial charge in [0.2, 0.25) is 0 Å². The Labute approximate surface area is 99.1 Å². The van der Waals surface area contributed by atoms with Crippen molar-refractivity contribution in [3.63, 3.8) is 0 Å². The summed E-state index contributed by atoms with van der Waals surface area (Å²) in [5.41, 5.74) is 0. The molecule has 0 rings (SSSR count). The van der Waals surface area contributed by atoms with E-state index >= 15 is 0 Å². The van der Waals surface area contributed by atoms with Gasteiger partial charge in [-0.25, -0.2) is 9.36 Å². The SMILES string of the molecule is CCOC(=O)C(Cl)=C(C)OP(=O)(OC)OC. The van der Waals surface area contributed by atoms with E-state index in [1.54, 1.807) is 6.92 Å². The molecule has 94 valence electrons. The van der Waals surface area contributed by atoms with Crippen molar-refractivity contribution in [3.05, 3.63) is 10.8 Å². The van der Waals surface area contributed by atoms with Gasteiger partial charge in [-0.2, -0.15) is 0 Å². The number of carbonyl (C=O) groups is 1. The van der Waals surface area contributed by atoms with Gasteiger partial charge in [0.25, 0.3) is 0 Å². The number of rotatable bonds is 6. The van der Waals surface area contributed by atoms with Crippen molar-refractivity contribution >= 4 is 25.4 Å². The fourth-order valence-electron chi connectivity index (χ4n) is 0.695. The van der Waals surface area contributed by atoms with Crippen LogP contribution in [0.1, 0.15) is 13.8 Å². The second kappa shape index (κ2) is 6.91. The number of hydrogen-bond acceptors (Lipinski definition) is 6. The molecule has 0 aromatic rings. The van der Waals surface area contributed by atoms with E-state index in [1.807, 2.05) is 0 Å². The average Bonchev–Trinajstić information content (AvgIpc) is 2.28. The lowest BCUT2D eigenvalue weighted by Gasteiger charge is -2.15. The summed E-state index contributed by atoms with van der Waals surface area (Å²) in [6.45, 7) is 3.16. The Morgan fingerprint density at radius 1 is 1.31 bits per heavy atom. The van der Waals surface area contributed by atoms with Gasteiger partial charge in [0.1, 0.15) is 5.76 Å². The maximum Gasteiger partial charge on any atom is 0.529 e. The molecule has 0 aromatic carbocycles. The summed E-state index contributed by atoms with van der Waals surface area (Å²) < 4.78 is 30.0. The molecule has 0 saturated carbocycles. The van der Waals surface area contributed by atoms with Crippen LogP contribution in [0.15, 0.2) is 10.8 Å². The van der Waals surface area contributed by atoms with E-state index in [0.29, 0.717) is 0 Å². The van der Waals surface area contributed by atoms with Crippen molar-refractivity contribution in [3.8, 4) is 0 Å². The van der Waals surface area contributed by atoms with E-state index in [-0.39, 0.29) is 17.4 Å². The number of phosphoric ester groups is 1. The highest BCUT2D eigenvalue weighted by Crippen LogP contribution is 2.50. The van der Waals surface area contributed by atoms with Crippen LogP contribution in [0.3, 0.4) is 0 Å². The molecule has 0 saturated heterocycles. The van der Waals surface area contributed by atoms with E-state index in [1.165, 1.54) is 6.92 Å². The number of ether oxygens (including phenoxy) is 1. The van der Waals surface area contributed by atoms with Gasteiger partial charge < -0.3 is 9.26 Å². The summed E-state index contributed by atoms with van der Waals surface area (Å²) in [7, 11) is -1.40. The van der Waals surface area contributed by atoms with Crippen LogP contribution in [0.25, 0.3) is 0 Å². The molecule has 6 nitrogen and oxygen atoms in total. The van der Waals surface area contributed by atoms with Gasteiger partial charge >= 0.3 is 13.8 Å². The highest BCUT2D eigenvalue weighted by atomic mass is 35.5. The van der Waals surface area contributed by atoms with Crippen molar-refractivity contribution < 1.29 is 27.7 Å². The van der Waals surface area contributed by atoms with Crippen LogP contribution < -0.4 is 0 Å². The molecule has 0 unspecified atom stereocenters. The molecule has 0 aromatic heterocycles. The fourth-order valence-corrected chi connectivity index (χ4v) is 1.57. The maximum atomic E-state index is 11.5. The van der Waals surface area contributed by atoms with Crippen molar-refractivity contribution in [2.45, 2.75) is 13.8 Å². The summed E-state index contributed by atoms with van der Waals surface area (Å²) in [6.07, 6.45) is 0. The van der Waals surface area contributed by atoms with Crippen molar-refractivity contribution in [1.82, 2.24) is 0 Å². The summed E-state index contributed by atoms with van der Waals surface area (Å²) in [6, 6.07) is 0. The molecule has 0 radical (unpaired) electrons. The zero-order valence-corrected chi connectivity index (χ0v) is 11.1. The predicted octanol–water partition coefficient (Wildman–Crippen LogP) is 2.44. The second-order valence-corrected chi connectivity index (χ2v) is 4.68. The molecule has 0 atom stereocenters. The van der Waals surface area contributed by atoms with E-state index in [0.717, 1.165) is 14.2 Å². The van der Waals surface area contributed by atoms with Crippen LogP contribution in [0.4, 0.5) is 0 Å². The van der Waals surface area contributed by atoms with Crippen molar-refractivity contribution in [1.29, 1.82) is 0 Å². The first kappa shape index (κ1) is 15.4. The Morgan fingerprint density at radius 2 is 1.81 bits per heavy atom. The number of allylic oxidation sites excluding steroid dienone is 1.